The molecule has 0 unspecified atom stereocenters. The van der Waals surface area contributed by atoms with Gasteiger partial charge in [-0.3, -0.25) is 4.79 Å². The van der Waals surface area contributed by atoms with E-state index in [1.807, 2.05) is 23.6 Å². The van der Waals surface area contributed by atoms with E-state index in [2.05, 4.69) is 23.7 Å². The van der Waals surface area contributed by atoms with Gasteiger partial charge in [-0.1, -0.05) is 54.6 Å². The minimum Gasteiger partial charge on any atom is -0.334 e. The lowest BCUT2D eigenvalue weighted by Gasteiger charge is -2.21. The van der Waals surface area contributed by atoms with Gasteiger partial charge in [0.2, 0.25) is 5.91 Å². The van der Waals surface area contributed by atoms with E-state index >= 15 is 0 Å². The fraction of sp³-hybridized carbons (Fsp3) is 0.182. The van der Waals surface area contributed by atoms with Gasteiger partial charge in [0, 0.05) is 30.5 Å². The molecule has 0 fully saturated rings. The molecule has 0 saturated heterocycles. The van der Waals surface area contributed by atoms with Gasteiger partial charge in [-0.15, -0.1) is 17.9 Å². The van der Waals surface area contributed by atoms with Crippen LogP contribution in [0.3, 0.4) is 0 Å². The number of halogens is 1. The minimum absolute atomic E-state index is 0.0882. The second-order valence-corrected chi connectivity index (χ2v) is 7.17. The molecular formula is C22H21FN2OS. The highest BCUT2D eigenvalue weighted by atomic mass is 32.1. The summed E-state index contributed by atoms with van der Waals surface area (Å²) in [4.78, 5) is 18.9. The van der Waals surface area contributed by atoms with Gasteiger partial charge in [0.1, 0.15) is 5.82 Å². The molecular weight excluding hydrogens is 359 g/mol. The van der Waals surface area contributed by atoms with Gasteiger partial charge in [-0.2, -0.15) is 0 Å². The van der Waals surface area contributed by atoms with Crippen molar-refractivity contribution in [3.63, 3.8) is 0 Å². The fourth-order valence-corrected chi connectivity index (χ4v) is 3.62. The van der Waals surface area contributed by atoms with Crippen molar-refractivity contribution in [1.29, 1.82) is 0 Å². The molecule has 1 aromatic heterocycles. The lowest BCUT2D eigenvalue weighted by atomic mass is 10.1. The normalized spacial score (nSPS) is 10.6. The van der Waals surface area contributed by atoms with E-state index in [1.54, 1.807) is 40.5 Å². The van der Waals surface area contributed by atoms with Crippen LogP contribution in [-0.2, 0) is 24.2 Å². The maximum Gasteiger partial charge on any atom is 0.229 e. The average Bonchev–Trinajstić information content (AvgIpc) is 3.10. The largest absolute Gasteiger partial charge is 0.334 e. The zero-order valence-corrected chi connectivity index (χ0v) is 15.8. The van der Waals surface area contributed by atoms with Gasteiger partial charge in [0.15, 0.2) is 0 Å². The van der Waals surface area contributed by atoms with Crippen molar-refractivity contribution in [2.75, 3.05) is 6.54 Å². The van der Waals surface area contributed by atoms with Crippen molar-refractivity contribution in [3.05, 3.63) is 100 Å². The zero-order valence-electron chi connectivity index (χ0n) is 15.0. The number of hydrogen-bond donors (Lipinski definition) is 0. The van der Waals surface area contributed by atoms with E-state index in [1.165, 1.54) is 11.6 Å². The first-order chi connectivity index (χ1) is 13.2. The second-order valence-electron chi connectivity index (χ2n) is 6.23. The summed E-state index contributed by atoms with van der Waals surface area (Å²) in [5, 5.41) is 2.90. The Kier molecular flexibility index (Phi) is 6.49. The highest BCUT2D eigenvalue weighted by molar-refractivity contribution is 7.09. The Hall–Kier alpha value is -2.79. The maximum absolute atomic E-state index is 13.9. The molecule has 0 aliphatic carbocycles. The number of hydrogen-bond acceptors (Lipinski definition) is 3. The van der Waals surface area contributed by atoms with Crippen molar-refractivity contribution in [3.8, 4) is 0 Å². The number of nitrogens with zero attached hydrogens (tertiary/aromatic N) is 2. The van der Waals surface area contributed by atoms with Crippen LogP contribution in [0.15, 0.2) is 72.6 Å². The van der Waals surface area contributed by atoms with E-state index in [0.717, 1.165) is 17.1 Å². The Morgan fingerprint density at radius 3 is 2.63 bits per heavy atom. The van der Waals surface area contributed by atoms with Gasteiger partial charge in [-0.25, -0.2) is 9.37 Å². The monoisotopic (exact) mass is 380 g/mol. The van der Waals surface area contributed by atoms with E-state index in [-0.39, 0.29) is 24.7 Å². The van der Waals surface area contributed by atoms with Crippen LogP contribution in [0.25, 0.3) is 0 Å². The minimum atomic E-state index is -0.307. The van der Waals surface area contributed by atoms with E-state index in [4.69, 9.17) is 0 Å². The Labute approximate surface area is 162 Å². The molecule has 3 nitrogen and oxygen atoms in total. The van der Waals surface area contributed by atoms with Gasteiger partial charge < -0.3 is 4.90 Å². The number of thiazole rings is 1. The first-order valence-electron chi connectivity index (χ1n) is 8.75. The lowest BCUT2D eigenvalue weighted by molar-refractivity contribution is -0.130. The SMILES string of the molecule is C=CCN(Cc1ccccc1F)C(=O)Cc1csc(Cc2ccccc2)n1. The third-order valence-electron chi connectivity index (χ3n) is 4.15. The maximum atomic E-state index is 13.9. The molecule has 5 heteroatoms. The lowest BCUT2D eigenvalue weighted by Crippen LogP contribution is -2.32. The third kappa shape index (κ3) is 5.34. The summed E-state index contributed by atoms with van der Waals surface area (Å²) in [5.41, 5.74) is 2.44. The molecule has 138 valence electrons. The number of benzene rings is 2. The van der Waals surface area contributed by atoms with E-state index in [0.29, 0.717) is 12.1 Å². The Balaban J connectivity index is 1.65. The Morgan fingerprint density at radius 1 is 1.15 bits per heavy atom. The van der Waals surface area contributed by atoms with Crippen molar-refractivity contribution in [1.82, 2.24) is 9.88 Å². The number of aromatic nitrogens is 1. The average molecular weight is 380 g/mol. The van der Waals surface area contributed by atoms with Gasteiger partial charge in [-0.05, 0) is 11.6 Å². The van der Waals surface area contributed by atoms with Crippen molar-refractivity contribution < 1.29 is 9.18 Å². The van der Waals surface area contributed by atoms with Crippen molar-refractivity contribution in [2.24, 2.45) is 0 Å². The number of carbonyl (C=O) groups excluding carboxylic acids is 1. The Bertz CT molecular complexity index is 907. The molecule has 0 spiro atoms. The summed E-state index contributed by atoms with van der Waals surface area (Å²) in [7, 11) is 0. The number of amides is 1. The molecule has 0 bridgehead atoms. The molecule has 0 atom stereocenters. The van der Waals surface area contributed by atoms with Crippen LogP contribution in [0.4, 0.5) is 4.39 Å². The van der Waals surface area contributed by atoms with Crippen LogP contribution >= 0.6 is 11.3 Å². The fourth-order valence-electron chi connectivity index (χ4n) is 2.79. The molecule has 27 heavy (non-hydrogen) atoms. The van der Waals surface area contributed by atoms with Gasteiger partial charge in [0.25, 0.3) is 0 Å². The van der Waals surface area contributed by atoms with Crippen molar-refractivity contribution >= 4 is 17.2 Å². The van der Waals surface area contributed by atoms with Crippen LogP contribution in [0.1, 0.15) is 21.8 Å². The van der Waals surface area contributed by atoms with Crippen LogP contribution in [-0.4, -0.2) is 22.3 Å². The van der Waals surface area contributed by atoms with Crippen LogP contribution in [0.5, 0.6) is 0 Å². The summed E-state index contributed by atoms with van der Waals surface area (Å²) in [6.07, 6.45) is 2.61. The summed E-state index contributed by atoms with van der Waals surface area (Å²) in [6.45, 7) is 4.29. The zero-order chi connectivity index (χ0) is 19.1. The summed E-state index contributed by atoms with van der Waals surface area (Å²) >= 11 is 1.56. The van der Waals surface area contributed by atoms with Crippen LogP contribution in [0.2, 0.25) is 0 Å². The predicted molar refractivity (Wildman–Crippen MR) is 107 cm³/mol. The summed E-state index contributed by atoms with van der Waals surface area (Å²) in [5.74, 6) is -0.395. The van der Waals surface area contributed by atoms with E-state index in [9.17, 15) is 9.18 Å². The summed E-state index contributed by atoms with van der Waals surface area (Å²) < 4.78 is 13.9. The summed E-state index contributed by atoms with van der Waals surface area (Å²) in [6, 6.07) is 16.6. The predicted octanol–water partition coefficient (Wildman–Crippen LogP) is 4.63. The standard InChI is InChI=1S/C22H21FN2OS/c1-2-12-25(15-18-10-6-7-11-20(18)23)22(26)14-19-16-27-21(24-19)13-17-8-4-3-5-9-17/h2-11,16H,1,12-15H2. The molecule has 1 heterocycles. The molecule has 3 rings (SSSR count). The molecule has 0 saturated carbocycles. The van der Waals surface area contributed by atoms with Gasteiger partial charge >= 0.3 is 0 Å². The van der Waals surface area contributed by atoms with Crippen molar-refractivity contribution in [2.45, 2.75) is 19.4 Å². The first kappa shape index (κ1) is 19.0. The molecule has 0 N–H and O–H groups in total. The van der Waals surface area contributed by atoms with E-state index < -0.39 is 0 Å². The molecule has 0 aliphatic rings. The van der Waals surface area contributed by atoms with Crippen LogP contribution in [0, 0.1) is 5.82 Å². The van der Waals surface area contributed by atoms with Gasteiger partial charge in [0.05, 0.1) is 17.1 Å². The first-order valence-corrected chi connectivity index (χ1v) is 9.63. The topological polar surface area (TPSA) is 33.2 Å². The smallest absolute Gasteiger partial charge is 0.229 e. The number of carbonyl (C=O) groups is 1. The molecule has 0 aliphatic heterocycles. The third-order valence-corrected chi connectivity index (χ3v) is 5.05. The molecule has 1 amide bonds. The van der Waals surface area contributed by atoms with Crippen LogP contribution < -0.4 is 0 Å². The number of rotatable bonds is 8. The second kappa shape index (κ2) is 9.24. The highest BCUT2D eigenvalue weighted by Crippen LogP contribution is 2.17. The molecule has 3 aromatic rings. The highest BCUT2D eigenvalue weighted by Gasteiger charge is 2.16. The quantitative estimate of drug-likeness (QED) is 0.534. The molecule has 2 aromatic carbocycles. The Morgan fingerprint density at radius 2 is 1.89 bits per heavy atom. The molecule has 0 radical (unpaired) electrons.